The molecule has 1 atom stereocenters. The standard InChI is InChI=1S/C13H15N3/c1-12(10-15)11-16(9-5-8-14)13-6-3-2-4-7-13/h2-4,6-7,12H,5,9,11H2,1H3. The SMILES string of the molecule is CC(C#N)CN(CCC#N)c1ccccc1. The van der Waals surface area contributed by atoms with Crippen molar-refractivity contribution in [3.05, 3.63) is 30.3 Å². The number of nitriles is 2. The monoisotopic (exact) mass is 213 g/mol. The summed E-state index contributed by atoms with van der Waals surface area (Å²) in [7, 11) is 0. The highest BCUT2D eigenvalue weighted by atomic mass is 15.1. The molecular weight excluding hydrogens is 198 g/mol. The molecule has 0 radical (unpaired) electrons. The third kappa shape index (κ3) is 3.63. The summed E-state index contributed by atoms with van der Waals surface area (Å²) in [5, 5.41) is 17.4. The molecule has 0 aromatic heterocycles. The summed E-state index contributed by atoms with van der Waals surface area (Å²) in [5.41, 5.74) is 1.07. The Kier molecular flexibility index (Phi) is 4.89. The quantitative estimate of drug-likeness (QED) is 0.755. The Bertz CT molecular complexity index is 386. The number of hydrogen-bond donors (Lipinski definition) is 0. The Labute approximate surface area is 96.5 Å². The van der Waals surface area contributed by atoms with Gasteiger partial charge in [-0.1, -0.05) is 18.2 Å². The molecule has 1 unspecified atom stereocenters. The normalized spacial score (nSPS) is 11.2. The highest BCUT2D eigenvalue weighted by Crippen LogP contribution is 2.15. The van der Waals surface area contributed by atoms with E-state index in [1.807, 2.05) is 37.3 Å². The third-order valence-electron chi connectivity index (χ3n) is 2.33. The van der Waals surface area contributed by atoms with Crippen molar-refractivity contribution in [1.82, 2.24) is 0 Å². The fourth-order valence-corrected chi connectivity index (χ4v) is 1.52. The summed E-state index contributed by atoms with van der Waals surface area (Å²) in [6.45, 7) is 3.23. The first-order chi connectivity index (χ1) is 7.77. The second-order valence-corrected chi connectivity index (χ2v) is 3.72. The zero-order valence-electron chi connectivity index (χ0n) is 9.43. The van der Waals surface area contributed by atoms with Gasteiger partial charge in [-0.25, -0.2) is 0 Å². The van der Waals surface area contributed by atoms with Crippen LogP contribution >= 0.6 is 0 Å². The van der Waals surface area contributed by atoms with Crippen molar-refractivity contribution >= 4 is 5.69 Å². The number of rotatable bonds is 5. The smallest absolute Gasteiger partial charge is 0.0671 e. The van der Waals surface area contributed by atoms with Gasteiger partial charge in [0.15, 0.2) is 0 Å². The van der Waals surface area contributed by atoms with E-state index in [0.29, 0.717) is 19.5 Å². The van der Waals surface area contributed by atoms with Gasteiger partial charge in [-0.2, -0.15) is 10.5 Å². The average Bonchev–Trinajstić information content (AvgIpc) is 2.35. The summed E-state index contributed by atoms with van der Waals surface area (Å²) in [6, 6.07) is 14.2. The van der Waals surface area contributed by atoms with Crippen LogP contribution in [-0.2, 0) is 0 Å². The second-order valence-electron chi connectivity index (χ2n) is 3.72. The average molecular weight is 213 g/mol. The van der Waals surface area contributed by atoms with E-state index in [1.165, 1.54) is 0 Å². The van der Waals surface area contributed by atoms with Gasteiger partial charge >= 0.3 is 0 Å². The van der Waals surface area contributed by atoms with Gasteiger partial charge < -0.3 is 4.90 Å². The van der Waals surface area contributed by atoms with Crippen molar-refractivity contribution in [2.75, 3.05) is 18.0 Å². The van der Waals surface area contributed by atoms with Gasteiger partial charge in [-0.3, -0.25) is 0 Å². The van der Waals surface area contributed by atoms with E-state index in [4.69, 9.17) is 10.5 Å². The molecular formula is C13H15N3. The summed E-state index contributed by atoms with van der Waals surface area (Å²) in [6.07, 6.45) is 0.479. The molecule has 1 rings (SSSR count). The maximum absolute atomic E-state index is 8.81. The van der Waals surface area contributed by atoms with Crippen molar-refractivity contribution in [2.24, 2.45) is 5.92 Å². The molecule has 0 aliphatic heterocycles. The van der Waals surface area contributed by atoms with Crippen LogP contribution in [0.3, 0.4) is 0 Å². The Morgan fingerprint density at radius 1 is 1.25 bits per heavy atom. The first-order valence-electron chi connectivity index (χ1n) is 5.34. The molecule has 0 saturated heterocycles. The van der Waals surface area contributed by atoms with E-state index in [-0.39, 0.29) is 5.92 Å². The molecule has 0 N–H and O–H groups in total. The van der Waals surface area contributed by atoms with Crippen LogP contribution < -0.4 is 4.90 Å². The van der Waals surface area contributed by atoms with Crippen molar-refractivity contribution < 1.29 is 0 Å². The van der Waals surface area contributed by atoms with Crippen LogP contribution in [0.4, 0.5) is 5.69 Å². The van der Waals surface area contributed by atoms with Gasteiger partial charge in [-0.15, -0.1) is 0 Å². The van der Waals surface area contributed by atoms with E-state index in [1.54, 1.807) is 0 Å². The molecule has 0 saturated carbocycles. The summed E-state index contributed by atoms with van der Waals surface area (Å²) in [5.74, 6) is -0.0288. The van der Waals surface area contributed by atoms with Crippen LogP contribution in [0.25, 0.3) is 0 Å². The molecule has 0 amide bonds. The number of anilines is 1. The van der Waals surface area contributed by atoms with E-state index in [9.17, 15) is 0 Å². The molecule has 0 aliphatic rings. The van der Waals surface area contributed by atoms with Crippen LogP contribution in [0.15, 0.2) is 30.3 Å². The van der Waals surface area contributed by atoms with Crippen LogP contribution in [-0.4, -0.2) is 13.1 Å². The predicted molar refractivity (Wildman–Crippen MR) is 63.7 cm³/mol. The van der Waals surface area contributed by atoms with E-state index >= 15 is 0 Å². The lowest BCUT2D eigenvalue weighted by molar-refractivity contribution is 0.675. The van der Waals surface area contributed by atoms with Crippen LogP contribution in [0.1, 0.15) is 13.3 Å². The molecule has 0 aliphatic carbocycles. The van der Waals surface area contributed by atoms with Crippen LogP contribution in [0.2, 0.25) is 0 Å². The lowest BCUT2D eigenvalue weighted by atomic mass is 10.1. The third-order valence-corrected chi connectivity index (χ3v) is 2.33. The minimum Gasteiger partial charge on any atom is -0.369 e. The Balaban J connectivity index is 2.72. The van der Waals surface area contributed by atoms with Gasteiger partial charge in [0.25, 0.3) is 0 Å². The summed E-state index contributed by atoms with van der Waals surface area (Å²) < 4.78 is 0. The predicted octanol–water partition coefficient (Wildman–Crippen LogP) is 2.57. The lowest BCUT2D eigenvalue weighted by Gasteiger charge is -2.24. The number of hydrogen-bond acceptors (Lipinski definition) is 3. The molecule has 0 bridgehead atoms. The molecule has 1 aromatic rings. The first-order valence-corrected chi connectivity index (χ1v) is 5.34. The summed E-state index contributed by atoms with van der Waals surface area (Å²) in [4.78, 5) is 2.08. The van der Waals surface area contributed by atoms with Gasteiger partial charge in [0.05, 0.1) is 24.5 Å². The van der Waals surface area contributed by atoms with Crippen LogP contribution in [0, 0.1) is 28.6 Å². The molecule has 82 valence electrons. The minimum atomic E-state index is -0.0288. The zero-order chi connectivity index (χ0) is 11.8. The number of benzene rings is 1. The van der Waals surface area contributed by atoms with Crippen molar-refractivity contribution in [2.45, 2.75) is 13.3 Å². The maximum Gasteiger partial charge on any atom is 0.0671 e. The van der Waals surface area contributed by atoms with Crippen molar-refractivity contribution in [3.8, 4) is 12.1 Å². The van der Waals surface area contributed by atoms with Gasteiger partial charge in [0, 0.05) is 18.8 Å². The van der Waals surface area contributed by atoms with Gasteiger partial charge in [0.2, 0.25) is 0 Å². The second kappa shape index (κ2) is 6.48. The summed E-state index contributed by atoms with van der Waals surface area (Å²) >= 11 is 0. The maximum atomic E-state index is 8.81. The van der Waals surface area contributed by atoms with Crippen LogP contribution in [0.5, 0.6) is 0 Å². The molecule has 1 aromatic carbocycles. The highest BCUT2D eigenvalue weighted by molar-refractivity contribution is 5.46. The highest BCUT2D eigenvalue weighted by Gasteiger charge is 2.09. The Hall–Kier alpha value is -2.00. The number of para-hydroxylation sites is 1. The molecule has 3 heteroatoms. The molecule has 3 nitrogen and oxygen atoms in total. The fourth-order valence-electron chi connectivity index (χ4n) is 1.52. The van der Waals surface area contributed by atoms with Gasteiger partial charge in [-0.05, 0) is 19.1 Å². The molecule has 16 heavy (non-hydrogen) atoms. The Morgan fingerprint density at radius 2 is 1.94 bits per heavy atom. The Morgan fingerprint density at radius 3 is 2.50 bits per heavy atom. The van der Waals surface area contributed by atoms with Crippen molar-refractivity contribution in [1.29, 1.82) is 10.5 Å². The number of nitrogens with zero attached hydrogens (tertiary/aromatic N) is 3. The zero-order valence-corrected chi connectivity index (χ0v) is 9.43. The fraction of sp³-hybridized carbons (Fsp3) is 0.385. The molecule has 0 heterocycles. The first kappa shape index (κ1) is 12.1. The van der Waals surface area contributed by atoms with E-state index in [2.05, 4.69) is 17.0 Å². The largest absolute Gasteiger partial charge is 0.369 e. The molecule has 0 spiro atoms. The molecule has 0 fully saturated rings. The lowest BCUT2D eigenvalue weighted by Crippen LogP contribution is -2.28. The van der Waals surface area contributed by atoms with E-state index in [0.717, 1.165) is 5.69 Å². The topological polar surface area (TPSA) is 50.8 Å². The van der Waals surface area contributed by atoms with Crippen molar-refractivity contribution in [3.63, 3.8) is 0 Å². The van der Waals surface area contributed by atoms with Gasteiger partial charge in [0.1, 0.15) is 0 Å². The minimum absolute atomic E-state index is 0.0288. The van der Waals surface area contributed by atoms with E-state index < -0.39 is 0 Å².